The number of fused-ring (bicyclic) bond motifs is 1. The van der Waals surface area contributed by atoms with E-state index in [2.05, 4.69) is 94.0 Å². The van der Waals surface area contributed by atoms with Crippen molar-refractivity contribution in [3.63, 3.8) is 0 Å². The van der Waals surface area contributed by atoms with Gasteiger partial charge in [0.2, 0.25) is 0 Å². The predicted molar refractivity (Wildman–Crippen MR) is 89.5 cm³/mol. The summed E-state index contributed by atoms with van der Waals surface area (Å²) in [6.07, 6.45) is 12.5. The van der Waals surface area contributed by atoms with Crippen LogP contribution in [0.1, 0.15) is 0 Å². The van der Waals surface area contributed by atoms with Gasteiger partial charge in [-0.3, -0.25) is 0 Å². The van der Waals surface area contributed by atoms with Crippen molar-refractivity contribution in [3.8, 4) is 0 Å². The molecular formula is C19H16N3+. The summed E-state index contributed by atoms with van der Waals surface area (Å²) in [5.41, 5.74) is 3.38. The van der Waals surface area contributed by atoms with E-state index in [1.54, 1.807) is 0 Å². The van der Waals surface area contributed by atoms with E-state index >= 15 is 0 Å². The summed E-state index contributed by atoms with van der Waals surface area (Å²) in [7, 11) is 0. The first-order valence-electron chi connectivity index (χ1n) is 7.30. The van der Waals surface area contributed by atoms with Crippen molar-refractivity contribution in [2.24, 2.45) is 0 Å². The molecule has 22 heavy (non-hydrogen) atoms. The summed E-state index contributed by atoms with van der Waals surface area (Å²) in [4.78, 5) is 0. The molecule has 0 aliphatic carbocycles. The number of allylic oxidation sites excluding steroid dienone is 3. The molecule has 0 spiro atoms. The van der Waals surface area contributed by atoms with Gasteiger partial charge in [-0.15, -0.1) is 5.01 Å². The number of nitrogens with zero attached hydrogens (tertiary/aromatic N) is 3. The van der Waals surface area contributed by atoms with E-state index in [1.165, 1.54) is 0 Å². The van der Waals surface area contributed by atoms with Crippen molar-refractivity contribution in [1.82, 2.24) is 5.01 Å². The molecule has 2 aromatic carbocycles. The molecule has 0 unspecified atom stereocenters. The highest BCUT2D eigenvalue weighted by molar-refractivity contribution is 5.77. The predicted octanol–water partition coefficient (Wildman–Crippen LogP) is 4.02. The van der Waals surface area contributed by atoms with Gasteiger partial charge in [0.05, 0.1) is 0 Å². The number of anilines is 1. The normalized spacial score (nSPS) is 16.2. The van der Waals surface area contributed by atoms with Crippen molar-refractivity contribution >= 4 is 17.7 Å². The van der Waals surface area contributed by atoms with Crippen molar-refractivity contribution in [2.45, 2.75) is 0 Å². The molecule has 0 radical (unpaired) electrons. The van der Waals surface area contributed by atoms with Gasteiger partial charge in [-0.1, -0.05) is 42.5 Å². The molecule has 0 bridgehead atoms. The number of rotatable bonds is 2. The molecule has 106 valence electrons. The average Bonchev–Trinajstić information content (AvgIpc) is 2.62. The quantitative estimate of drug-likeness (QED) is 0.771. The maximum atomic E-state index is 2.14. The molecule has 3 heteroatoms. The second-order valence-corrected chi connectivity index (χ2v) is 5.14. The van der Waals surface area contributed by atoms with Gasteiger partial charge >= 0.3 is 0 Å². The fraction of sp³-hybridized carbons (Fsp3) is 0. The minimum absolute atomic E-state index is 1.12. The van der Waals surface area contributed by atoms with E-state index in [-0.39, 0.29) is 0 Å². The van der Waals surface area contributed by atoms with Gasteiger partial charge in [0.25, 0.3) is 6.34 Å². The molecule has 2 aliphatic heterocycles. The van der Waals surface area contributed by atoms with E-state index < -0.39 is 0 Å². The standard InChI is InChI=1S/C19H16N3/c1-3-9-17(10-4-1)20-15-19-13-7-8-14-21(19)22(16-20)18-11-5-2-6-12-18/h1-16H/q+1. The number of hydrogen-bond donors (Lipinski definition) is 0. The van der Waals surface area contributed by atoms with Gasteiger partial charge in [-0.2, -0.15) is 5.01 Å². The smallest absolute Gasteiger partial charge is 0.202 e. The molecule has 0 fully saturated rings. The van der Waals surface area contributed by atoms with Crippen LogP contribution in [0.3, 0.4) is 0 Å². The third-order valence-corrected chi connectivity index (χ3v) is 3.68. The molecule has 0 aromatic heterocycles. The Morgan fingerprint density at radius 2 is 1.45 bits per heavy atom. The Morgan fingerprint density at radius 3 is 2.23 bits per heavy atom. The SMILES string of the molecule is C1=CC2=C[N+](c3ccccc3)=CN(c3ccccc3)N2C=C1. The summed E-state index contributed by atoms with van der Waals surface area (Å²) in [5.74, 6) is 0. The highest BCUT2D eigenvalue weighted by atomic mass is 15.6. The average molecular weight is 286 g/mol. The van der Waals surface area contributed by atoms with Gasteiger partial charge in [0.1, 0.15) is 17.6 Å². The summed E-state index contributed by atoms with van der Waals surface area (Å²) in [6.45, 7) is 0. The second-order valence-electron chi connectivity index (χ2n) is 5.14. The summed E-state index contributed by atoms with van der Waals surface area (Å²) in [6, 6.07) is 20.7. The van der Waals surface area contributed by atoms with Crippen LogP contribution in [-0.4, -0.2) is 15.9 Å². The lowest BCUT2D eigenvalue weighted by Gasteiger charge is -2.30. The lowest BCUT2D eigenvalue weighted by atomic mass is 10.2. The third-order valence-electron chi connectivity index (χ3n) is 3.68. The Bertz CT molecular complexity index is 786. The largest absolute Gasteiger partial charge is 0.273 e. The van der Waals surface area contributed by atoms with Crippen LogP contribution in [-0.2, 0) is 0 Å². The van der Waals surface area contributed by atoms with Crippen molar-refractivity contribution < 1.29 is 4.58 Å². The van der Waals surface area contributed by atoms with Crippen molar-refractivity contribution in [3.05, 3.63) is 97.0 Å². The highest BCUT2D eigenvalue weighted by Crippen LogP contribution is 2.26. The van der Waals surface area contributed by atoms with E-state index in [1.807, 2.05) is 18.2 Å². The van der Waals surface area contributed by atoms with E-state index in [9.17, 15) is 0 Å². The Balaban J connectivity index is 1.82. The zero-order chi connectivity index (χ0) is 14.8. The van der Waals surface area contributed by atoms with Crippen LogP contribution in [0.15, 0.2) is 97.0 Å². The summed E-state index contributed by atoms with van der Waals surface area (Å²) < 4.78 is 2.14. The van der Waals surface area contributed by atoms with Crippen LogP contribution in [0.25, 0.3) is 0 Å². The Morgan fingerprint density at radius 1 is 0.727 bits per heavy atom. The lowest BCUT2D eigenvalue weighted by Crippen LogP contribution is -2.42. The lowest BCUT2D eigenvalue weighted by molar-refractivity contribution is -0.361. The number of para-hydroxylation sites is 2. The molecule has 0 saturated carbocycles. The van der Waals surface area contributed by atoms with Crippen LogP contribution < -0.4 is 5.01 Å². The molecule has 3 nitrogen and oxygen atoms in total. The van der Waals surface area contributed by atoms with Gasteiger partial charge in [-0.05, 0) is 36.4 Å². The van der Waals surface area contributed by atoms with E-state index in [0.717, 1.165) is 17.1 Å². The van der Waals surface area contributed by atoms with E-state index in [0.29, 0.717) is 0 Å². The van der Waals surface area contributed by atoms with Crippen molar-refractivity contribution in [1.29, 1.82) is 0 Å². The number of hydrogen-bond acceptors (Lipinski definition) is 2. The zero-order valence-corrected chi connectivity index (χ0v) is 12.1. The summed E-state index contributed by atoms with van der Waals surface area (Å²) in [5, 5.41) is 4.27. The maximum Gasteiger partial charge on any atom is 0.273 e. The third kappa shape index (κ3) is 2.23. The molecule has 0 saturated heterocycles. The first-order chi connectivity index (χ1) is 10.9. The van der Waals surface area contributed by atoms with Crippen LogP contribution in [0.5, 0.6) is 0 Å². The summed E-state index contributed by atoms with van der Waals surface area (Å²) >= 11 is 0. The highest BCUT2D eigenvalue weighted by Gasteiger charge is 2.28. The molecule has 0 atom stereocenters. The van der Waals surface area contributed by atoms with Gasteiger partial charge in [0.15, 0.2) is 5.69 Å². The first kappa shape index (κ1) is 12.7. The molecule has 2 aliphatic rings. The molecule has 2 aromatic rings. The molecule has 0 N–H and O–H groups in total. The Kier molecular flexibility index (Phi) is 3.09. The topological polar surface area (TPSA) is 9.49 Å². The van der Waals surface area contributed by atoms with Crippen LogP contribution in [0, 0.1) is 0 Å². The molecule has 4 rings (SSSR count). The van der Waals surface area contributed by atoms with Crippen LogP contribution >= 0.6 is 0 Å². The molecule has 0 amide bonds. The molecule has 2 heterocycles. The first-order valence-corrected chi connectivity index (χ1v) is 7.30. The van der Waals surface area contributed by atoms with Gasteiger partial charge < -0.3 is 0 Å². The fourth-order valence-corrected chi connectivity index (χ4v) is 2.61. The minimum Gasteiger partial charge on any atom is -0.202 e. The van der Waals surface area contributed by atoms with E-state index in [4.69, 9.17) is 0 Å². The molecular weight excluding hydrogens is 270 g/mol. The number of hydrazine groups is 1. The van der Waals surface area contributed by atoms with Crippen LogP contribution in [0.2, 0.25) is 0 Å². The van der Waals surface area contributed by atoms with Crippen LogP contribution in [0.4, 0.5) is 11.4 Å². The maximum absolute atomic E-state index is 2.14. The zero-order valence-electron chi connectivity index (χ0n) is 12.1. The number of benzene rings is 2. The Hall–Kier alpha value is -3.07. The fourth-order valence-electron chi connectivity index (χ4n) is 2.61. The minimum atomic E-state index is 1.12. The Labute approximate surface area is 130 Å². The van der Waals surface area contributed by atoms with Gasteiger partial charge in [-0.25, -0.2) is 4.58 Å². The monoisotopic (exact) mass is 286 g/mol. The van der Waals surface area contributed by atoms with Crippen molar-refractivity contribution in [2.75, 3.05) is 5.01 Å². The second kappa shape index (κ2) is 5.37. The van der Waals surface area contributed by atoms with Gasteiger partial charge in [0, 0.05) is 6.20 Å².